The number of aliphatic hydroxyl groups excluding tert-OH is 4. The second-order valence-electron chi connectivity index (χ2n) is 3.38. The number of hydrogen-bond acceptors (Lipinski definition) is 8. The summed E-state index contributed by atoms with van der Waals surface area (Å²) in [6.07, 6.45) is -7.24. The van der Waals surface area contributed by atoms with Crippen LogP contribution in [0.5, 0.6) is 0 Å². The van der Waals surface area contributed by atoms with Crippen molar-refractivity contribution >= 4 is 5.97 Å². The van der Waals surface area contributed by atoms with Crippen LogP contribution in [-0.2, 0) is 14.3 Å². The number of hydrogen-bond donors (Lipinski definition) is 4. The Hall–Kier alpha value is 0.866. The van der Waals surface area contributed by atoms with Crippen LogP contribution in [0.2, 0.25) is 0 Å². The maximum Gasteiger partial charge on any atom is 1.00 e. The van der Waals surface area contributed by atoms with Crippen molar-refractivity contribution in [3.8, 4) is 0 Å². The van der Waals surface area contributed by atoms with Crippen molar-refractivity contribution in [2.45, 2.75) is 30.7 Å². The van der Waals surface area contributed by atoms with E-state index in [-0.39, 0.29) is 51.4 Å². The van der Waals surface area contributed by atoms with Crippen LogP contribution >= 0.6 is 0 Å². The minimum atomic E-state index is -1.60. The van der Waals surface area contributed by atoms with E-state index in [0.717, 1.165) is 0 Å². The second-order valence-corrected chi connectivity index (χ2v) is 3.38. The van der Waals surface area contributed by atoms with E-state index in [0.29, 0.717) is 0 Å². The Morgan fingerprint density at radius 2 is 1.82 bits per heavy atom. The molecule has 1 aliphatic heterocycles. The van der Waals surface area contributed by atoms with E-state index in [9.17, 15) is 25.2 Å². The van der Waals surface area contributed by atoms with Gasteiger partial charge in [0.1, 0.15) is 24.4 Å². The maximum atomic E-state index is 10.1. The molecule has 4 N–H and O–H groups in total. The number of carbonyl (C=O) groups is 1. The Morgan fingerprint density at radius 1 is 1.24 bits per heavy atom. The molecule has 1 heterocycles. The van der Waals surface area contributed by atoms with Crippen LogP contribution in [0, 0.1) is 0 Å². The molecular weight excluding hydrogens is 263 g/mol. The van der Waals surface area contributed by atoms with E-state index in [2.05, 4.69) is 4.74 Å². The topological polar surface area (TPSA) is 140 Å². The van der Waals surface area contributed by atoms with E-state index in [1.165, 1.54) is 0 Å². The summed E-state index contributed by atoms with van der Waals surface area (Å²) in [6, 6.07) is 0. The molecule has 1 rings (SSSR count). The zero-order valence-electron chi connectivity index (χ0n) is 9.22. The van der Waals surface area contributed by atoms with Crippen molar-refractivity contribution < 1.29 is 91.2 Å². The number of rotatable bonds is 4. The standard InChI is InChI=1S/C8H14O8.K/c9-1-3-5(12)6(13)7(14)8(16-3)15-2-4(10)11;/h3,5-9,12-14H,1-2H2,(H,10,11);/q;+1/p-1/t3?,5-,6+,7?,8?;/m1./s1. The number of carboxylic acid groups (broad SMARTS) is 1. The first-order chi connectivity index (χ1) is 7.47. The van der Waals surface area contributed by atoms with Crippen LogP contribution in [0.4, 0.5) is 0 Å². The van der Waals surface area contributed by atoms with Crippen LogP contribution < -0.4 is 56.5 Å². The summed E-state index contributed by atoms with van der Waals surface area (Å²) in [5.41, 5.74) is 0. The van der Waals surface area contributed by atoms with Crippen LogP contribution in [0.25, 0.3) is 0 Å². The summed E-state index contributed by atoms with van der Waals surface area (Å²) in [7, 11) is 0. The summed E-state index contributed by atoms with van der Waals surface area (Å²) in [5, 5.41) is 47.0. The molecule has 1 saturated heterocycles. The summed E-state index contributed by atoms with van der Waals surface area (Å²) in [4.78, 5) is 10.1. The molecule has 5 atom stereocenters. The minimum Gasteiger partial charge on any atom is -0.548 e. The number of carboxylic acids is 1. The molecule has 1 aliphatic rings. The van der Waals surface area contributed by atoms with Crippen molar-refractivity contribution in [1.29, 1.82) is 0 Å². The van der Waals surface area contributed by atoms with Gasteiger partial charge in [-0.1, -0.05) is 0 Å². The van der Waals surface area contributed by atoms with Crippen molar-refractivity contribution in [2.75, 3.05) is 13.2 Å². The van der Waals surface area contributed by atoms with Crippen LogP contribution in [0.3, 0.4) is 0 Å². The summed E-state index contributed by atoms with van der Waals surface area (Å²) < 4.78 is 9.45. The smallest absolute Gasteiger partial charge is 0.548 e. The van der Waals surface area contributed by atoms with Gasteiger partial charge in [-0.3, -0.25) is 0 Å². The Morgan fingerprint density at radius 3 is 2.29 bits per heavy atom. The van der Waals surface area contributed by atoms with Gasteiger partial charge in [-0.05, 0) is 0 Å². The van der Waals surface area contributed by atoms with E-state index in [1.807, 2.05) is 0 Å². The normalized spacial score (nSPS) is 37.3. The zero-order valence-corrected chi connectivity index (χ0v) is 12.3. The summed E-state index contributed by atoms with van der Waals surface area (Å²) in [5.74, 6) is -1.52. The number of aliphatic hydroxyl groups is 4. The molecule has 9 heteroatoms. The predicted octanol–water partition coefficient (Wildman–Crippen LogP) is -7.44. The monoisotopic (exact) mass is 276 g/mol. The van der Waals surface area contributed by atoms with Gasteiger partial charge in [0.15, 0.2) is 6.29 Å². The first kappa shape index (κ1) is 17.9. The van der Waals surface area contributed by atoms with Crippen molar-refractivity contribution in [3.05, 3.63) is 0 Å². The van der Waals surface area contributed by atoms with E-state index < -0.39 is 49.9 Å². The fraction of sp³-hybridized carbons (Fsp3) is 0.875. The van der Waals surface area contributed by atoms with Gasteiger partial charge in [-0.15, -0.1) is 0 Å². The molecular formula is C8H13KO8. The van der Waals surface area contributed by atoms with Gasteiger partial charge in [0, 0.05) is 0 Å². The van der Waals surface area contributed by atoms with E-state index in [4.69, 9.17) is 9.84 Å². The fourth-order valence-electron chi connectivity index (χ4n) is 1.36. The van der Waals surface area contributed by atoms with Gasteiger partial charge in [-0.2, -0.15) is 0 Å². The Balaban J connectivity index is 0.00000256. The largest absolute Gasteiger partial charge is 1.00 e. The van der Waals surface area contributed by atoms with Crippen molar-refractivity contribution in [3.63, 3.8) is 0 Å². The maximum absolute atomic E-state index is 10.1. The van der Waals surface area contributed by atoms with Gasteiger partial charge >= 0.3 is 51.4 Å². The molecule has 1 fully saturated rings. The Kier molecular flexibility index (Phi) is 8.53. The molecule has 0 radical (unpaired) electrons. The van der Waals surface area contributed by atoms with Crippen LogP contribution in [0.1, 0.15) is 0 Å². The van der Waals surface area contributed by atoms with Gasteiger partial charge < -0.3 is 39.8 Å². The van der Waals surface area contributed by atoms with Crippen LogP contribution in [0.15, 0.2) is 0 Å². The summed E-state index contributed by atoms with van der Waals surface area (Å²) in [6.45, 7) is -1.43. The number of carbonyl (C=O) groups excluding carboxylic acids is 1. The SMILES string of the molecule is O=C([O-])COC1OC(CO)[C@@H](O)[C@H](O)C1O.[K+]. The third kappa shape index (κ3) is 4.80. The Bertz CT molecular complexity index is 248. The minimum absolute atomic E-state index is 0. The molecule has 94 valence electrons. The second kappa shape index (κ2) is 8.12. The molecule has 0 bridgehead atoms. The van der Waals surface area contributed by atoms with E-state index in [1.54, 1.807) is 0 Å². The van der Waals surface area contributed by atoms with Gasteiger partial charge in [0.2, 0.25) is 0 Å². The first-order valence-electron chi connectivity index (χ1n) is 4.59. The fourth-order valence-corrected chi connectivity index (χ4v) is 1.36. The molecule has 0 aromatic carbocycles. The molecule has 17 heavy (non-hydrogen) atoms. The zero-order chi connectivity index (χ0) is 12.3. The van der Waals surface area contributed by atoms with Crippen LogP contribution in [-0.4, -0.2) is 70.3 Å². The third-order valence-electron chi connectivity index (χ3n) is 2.21. The van der Waals surface area contributed by atoms with Gasteiger partial charge in [-0.25, -0.2) is 0 Å². The molecule has 0 spiro atoms. The van der Waals surface area contributed by atoms with Crippen molar-refractivity contribution in [2.24, 2.45) is 0 Å². The number of ether oxygens (including phenoxy) is 2. The molecule has 8 nitrogen and oxygen atoms in total. The summed E-state index contributed by atoms with van der Waals surface area (Å²) >= 11 is 0. The Labute approximate surface area is 140 Å². The quantitative estimate of drug-likeness (QED) is 0.371. The third-order valence-corrected chi connectivity index (χ3v) is 2.21. The molecule has 0 aliphatic carbocycles. The predicted molar refractivity (Wildman–Crippen MR) is 44.7 cm³/mol. The average molecular weight is 276 g/mol. The average Bonchev–Trinajstić information content (AvgIpc) is 2.25. The molecule has 0 saturated carbocycles. The van der Waals surface area contributed by atoms with Crippen molar-refractivity contribution in [1.82, 2.24) is 0 Å². The van der Waals surface area contributed by atoms with Gasteiger partial charge in [0.05, 0.1) is 19.2 Å². The van der Waals surface area contributed by atoms with E-state index >= 15 is 0 Å². The van der Waals surface area contributed by atoms with Gasteiger partial charge in [0.25, 0.3) is 0 Å². The number of aliphatic carboxylic acids is 1. The first-order valence-corrected chi connectivity index (χ1v) is 4.59. The molecule has 0 aromatic heterocycles. The molecule has 0 amide bonds. The molecule has 3 unspecified atom stereocenters. The molecule has 0 aromatic rings.